The molecule has 2 atom stereocenters. The molecule has 7 nitrogen and oxygen atoms in total. The number of hydrogen-bond acceptors (Lipinski definition) is 4. The van der Waals surface area contributed by atoms with Crippen LogP contribution in [0.1, 0.15) is 70.7 Å². The van der Waals surface area contributed by atoms with E-state index in [2.05, 4.69) is 10.6 Å². The number of rotatable bonds is 9. The monoisotopic (exact) mass is 545 g/mol. The lowest BCUT2D eigenvalue weighted by Crippen LogP contribution is -2.52. The summed E-state index contributed by atoms with van der Waals surface area (Å²) in [6.45, 7) is 15.3. The maximum absolute atomic E-state index is 14.1. The van der Waals surface area contributed by atoms with E-state index in [1.54, 1.807) is 25.7 Å². The Bertz CT molecular complexity index is 1360. The highest BCUT2D eigenvalue weighted by Crippen LogP contribution is 2.29. The standard InChI is InChI=1S/C33H43N3O4/c1-9-36(31(38)28(18-21(2)3)35-32(39)40-33(6,7)8)29(27-19-22(4)14-15-23(27)5)30(37)34-26-17-16-24-12-10-11-13-25(24)20-26/h10-17,19-21,28-29H,9,18H2,1-8H3,(H,34,37)(H,35,39). The van der Waals surface area contributed by atoms with Gasteiger partial charge in [-0.2, -0.15) is 0 Å². The average Bonchev–Trinajstić information content (AvgIpc) is 2.86. The van der Waals surface area contributed by atoms with Crippen LogP contribution in [0.25, 0.3) is 10.8 Å². The second kappa shape index (κ2) is 13.0. The highest BCUT2D eigenvalue weighted by Gasteiger charge is 2.36. The van der Waals surface area contributed by atoms with Gasteiger partial charge in [0.25, 0.3) is 5.91 Å². The molecule has 0 saturated heterocycles. The van der Waals surface area contributed by atoms with Crippen LogP contribution in [0.4, 0.5) is 10.5 Å². The number of ether oxygens (including phenoxy) is 1. The molecule has 0 aliphatic rings. The van der Waals surface area contributed by atoms with E-state index < -0.39 is 23.8 Å². The van der Waals surface area contributed by atoms with Crippen molar-refractivity contribution in [3.63, 3.8) is 0 Å². The molecule has 0 heterocycles. The average molecular weight is 546 g/mol. The Kier molecular flexibility index (Phi) is 9.96. The van der Waals surface area contributed by atoms with Crippen LogP contribution in [0.5, 0.6) is 0 Å². The van der Waals surface area contributed by atoms with Crippen LogP contribution in [-0.2, 0) is 14.3 Å². The van der Waals surface area contributed by atoms with Gasteiger partial charge in [-0.05, 0) is 87.9 Å². The first-order valence-corrected chi connectivity index (χ1v) is 14.0. The highest BCUT2D eigenvalue weighted by molar-refractivity contribution is 6.00. The van der Waals surface area contributed by atoms with Gasteiger partial charge in [-0.3, -0.25) is 9.59 Å². The number of amides is 3. The Labute approximate surface area is 238 Å². The van der Waals surface area contributed by atoms with Crippen molar-refractivity contribution in [1.29, 1.82) is 0 Å². The Balaban J connectivity index is 2.01. The predicted molar refractivity (Wildman–Crippen MR) is 161 cm³/mol. The number of aryl methyl sites for hydroxylation is 2. The number of benzene rings is 3. The minimum atomic E-state index is -0.904. The van der Waals surface area contributed by atoms with Crippen LogP contribution in [0.3, 0.4) is 0 Å². The Morgan fingerprint density at radius 1 is 0.925 bits per heavy atom. The molecule has 2 unspecified atom stereocenters. The second-order valence-electron chi connectivity index (χ2n) is 11.8. The molecule has 40 heavy (non-hydrogen) atoms. The molecule has 3 aromatic rings. The molecule has 0 saturated carbocycles. The summed E-state index contributed by atoms with van der Waals surface area (Å²) in [6.07, 6.45) is -0.258. The van der Waals surface area contributed by atoms with E-state index in [4.69, 9.17) is 4.74 Å². The molecule has 0 aromatic heterocycles. The molecule has 0 aliphatic carbocycles. The van der Waals surface area contributed by atoms with Crippen molar-refractivity contribution >= 4 is 34.4 Å². The number of anilines is 1. The van der Waals surface area contributed by atoms with E-state index in [-0.39, 0.29) is 24.3 Å². The summed E-state index contributed by atoms with van der Waals surface area (Å²) < 4.78 is 5.45. The van der Waals surface area contributed by atoms with E-state index in [1.807, 2.05) is 95.3 Å². The Morgan fingerprint density at radius 3 is 2.23 bits per heavy atom. The zero-order valence-corrected chi connectivity index (χ0v) is 25.0. The first-order valence-electron chi connectivity index (χ1n) is 14.0. The quantitative estimate of drug-likeness (QED) is 0.305. The lowest BCUT2D eigenvalue weighted by atomic mass is 9.95. The number of hydrogen-bond donors (Lipinski definition) is 2. The van der Waals surface area contributed by atoms with Crippen LogP contribution in [0.15, 0.2) is 60.7 Å². The SMILES string of the molecule is CCN(C(=O)C(CC(C)C)NC(=O)OC(C)(C)C)C(C(=O)Nc1ccc2ccccc2c1)c1cc(C)ccc1C. The lowest BCUT2D eigenvalue weighted by molar-refractivity contribution is -0.140. The maximum Gasteiger partial charge on any atom is 0.408 e. The van der Waals surface area contributed by atoms with Crippen molar-refractivity contribution < 1.29 is 19.1 Å². The largest absolute Gasteiger partial charge is 0.444 e. The van der Waals surface area contributed by atoms with Gasteiger partial charge in [0.1, 0.15) is 17.7 Å². The number of likely N-dealkylation sites (N-methyl/N-ethyl adjacent to an activating group) is 1. The van der Waals surface area contributed by atoms with Gasteiger partial charge in [-0.15, -0.1) is 0 Å². The molecule has 0 spiro atoms. The lowest BCUT2D eigenvalue weighted by Gasteiger charge is -2.35. The van der Waals surface area contributed by atoms with E-state index >= 15 is 0 Å². The Morgan fingerprint density at radius 2 is 1.60 bits per heavy atom. The Hall–Kier alpha value is -3.87. The van der Waals surface area contributed by atoms with Crippen molar-refractivity contribution in [2.24, 2.45) is 5.92 Å². The first kappa shape index (κ1) is 30.7. The van der Waals surface area contributed by atoms with Gasteiger partial charge in [-0.25, -0.2) is 4.79 Å². The number of fused-ring (bicyclic) bond motifs is 1. The van der Waals surface area contributed by atoms with Gasteiger partial charge in [0.05, 0.1) is 0 Å². The molecule has 2 N–H and O–H groups in total. The number of carbonyl (C=O) groups is 3. The highest BCUT2D eigenvalue weighted by atomic mass is 16.6. The topological polar surface area (TPSA) is 87.7 Å². The van der Waals surface area contributed by atoms with Crippen molar-refractivity contribution in [3.05, 3.63) is 77.4 Å². The minimum Gasteiger partial charge on any atom is -0.444 e. The molecule has 3 rings (SSSR count). The van der Waals surface area contributed by atoms with Crippen molar-refractivity contribution in [2.45, 2.75) is 79.5 Å². The molecule has 3 aromatic carbocycles. The minimum absolute atomic E-state index is 0.119. The number of alkyl carbamates (subject to hydrolysis) is 1. The zero-order valence-electron chi connectivity index (χ0n) is 25.0. The molecular weight excluding hydrogens is 502 g/mol. The second-order valence-corrected chi connectivity index (χ2v) is 11.8. The van der Waals surface area contributed by atoms with Crippen molar-refractivity contribution in [3.8, 4) is 0 Å². The van der Waals surface area contributed by atoms with Crippen molar-refractivity contribution in [2.75, 3.05) is 11.9 Å². The summed E-state index contributed by atoms with van der Waals surface area (Å²) in [5, 5.41) is 7.91. The molecular formula is C33H43N3O4. The molecule has 214 valence electrons. The summed E-state index contributed by atoms with van der Waals surface area (Å²) in [5.41, 5.74) is 2.57. The van der Waals surface area contributed by atoms with Gasteiger partial charge >= 0.3 is 6.09 Å². The van der Waals surface area contributed by atoms with Crippen LogP contribution in [0, 0.1) is 19.8 Å². The van der Waals surface area contributed by atoms with Crippen LogP contribution < -0.4 is 10.6 Å². The van der Waals surface area contributed by atoms with Gasteiger partial charge in [-0.1, -0.05) is 67.9 Å². The summed E-state index contributed by atoms with van der Waals surface area (Å²) in [6, 6.07) is 17.8. The third kappa shape index (κ3) is 8.07. The van der Waals surface area contributed by atoms with Crippen LogP contribution in [-0.4, -0.2) is 41.0 Å². The first-order chi connectivity index (χ1) is 18.8. The summed E-state index contributed by atoms with van der Waals surface area (Å²) >= 11 is 0. The summed E-state index contributed by atoms with van der Waals surface area (Å²) in [7, 11) is 0. The fourth-order valence-electron chi connectivity index (χ4n) is 4.79. The molecule has 0 aliphatic heterocycles. The van der Waals surface area contributed by atoms with E-state index in [9.17, 15) is 14.4 Å². The number of nitrogens with zero attached hydrogens (tertiary/aromatic N) is 1. The summed E-state index contributed by atoms with van der Waals surface area (Å²) in [5.74, 6) is -0.533. The number of carbonyl (C=O) groups excluding carboxylic acids is 3. The van der Waals surface area contributed by atoms with Gasteiger partial charge in [0.15, 0.2) is 0 Å². The maximum atomic E-state index is 14.1. The normalized spacial score (nSPS) is 13.0. The van der Waals surface area contributed by atoms with Crippen LogP contribution in [0.2, 0.25) is 0 Å². The fourth-order valence-corrected chi connectivity index (χ4v) is 4.79. The molecule has 7 heteroatoms. The third-order valence-electron chi connectivity index (χ3n) is 6.63. The van der Waals surface area contributed by atoms with E-state index in [1.165, 1.54) is 0 Å². The summed E-state index contributed by atoms with van der Waals surface area (Å²) in [4.78, 5) is 42.4. The van der Waals surface area contributed by atoms with E-state index in [0.29, 0.717) is 12.1 Å². The van der Waals surface area contributed by atoms with Crippen molar-refractivity contribution in [1.82, 2.24) is 10.2 Å². The van der Waals surface area contributed by atoms with Gasteiger partial charge < -0.3 is 20.3 Å². The fraction of sp³-hybridized carbons (Fsp3) is 0.424. The van der Waals surface area contributed by atoms with E-state index in [0.717, 1.165) is 27.5 Å². The molecule has 3 amide bonds. The smallest absolute Gasteiger partial charge is 0.408 e. The molecule has 0 bridgehead atoms. The zero-order chi connectivity index (χ0) is 29.6. The predicted octanol–water partition coefficient (Wildman–Crippen LogP) is 6.92. The number of nitrogens with one attached hydrogen (secondary N) is 2. The molecule has 0 fully saturated rings. The van der Waals surface area contributed by atoms with Gasteiger partial charge in [0, 0.05) is 12.2 Å². The van der Waals surface area contributed by atoms with Crippen LogP contribution >= 0.6 is 0 Å². The molecule has 0 radical (unpaired) electrons. The van der Waals surface area contributed by atoms with Gasteiger partial charge in [0.2, 0.25) is 5.91 Å². The third-order valence-corrected chi connectivity index (χ3v) is 6.63.